The van der Waals surface area contributed by atoms with Crippen LogP contribution in [0.1, 0.15) is 72.1 Å². The van der Waals surface area contributed by atoms with Crippen LogP contribution in [0.25, 0.3) is 0 Å². The molecule has 0 atom stereocenters. The van der Waals surface area contributed by atoms with Crippen molar-refractivity contribution >= 4 is 0 Å². The van der Waals surface area contributed by atoms with Crippen LogP contribution in [0.5, 0.6) is 0 Å². The summed E-state index contributed by atoms with van der Waals surface area (Å²) in [4.78, 5) is 2.43. The average Bonchev–Trinajstić information content (AvgIpc) is 2.31. The molecular formula is C15H30N2. The number of nitriles is 1. The van der Waals surface area contributed by atoms with E-state index in [2.05, 4.69) is 31.7 Å². The molecule has 0 aliphatic carbocycles. The van der Waals surface area contributed by atoms with Gasteiger partial charge in [0.15, 0.2) is 0 Å². The summed E-state index contributed by atoms with van der Waals surface area (Å²) in [5.41, 5.74) is 0. The molecule has 0 aromatic rings. The lowest BCUT2D eigenvalue weighted by molar-refractivity contribution is 0.221. The molecule has 0 saturated heterocycles. The second-order valence-corrected chi connectivity index (χ2v) is 5.16. The van der Waals surface area contributed by atoms with Crippen molar-refractivity contribution < 1.29 is 0 Å². The van der Waals surface area contributed by atoms with Gasteiger partial charge in [0.2, 0.25) is 0 Å². The maximum atomic E-state index is 8.61. The molecule has 0 aliphatic heterocycles. The summed E-state index contributed by atoms with van der Waals surface area (Å²) in [6.07, 6.45) is 10.2. The largest absolute Gasteiger partial charge is 0.300 e. The first-order valence-corrected chi connectivity index (χ1v) is 7.33. The smallest absolute Gasteiger partial charge is 0.0635 e. The van der Waals surface area contributed by atoms with Crippen LogP contribution in [0.4, 0.5) is 0 Å². The van der Waals surface area contributed by atoms with Gasteiger partial charge < -0.3 is 0 Å². The lowest BCUT2D eigenvalue weighted by atomic mass is 10.1. The molecule has 0 spiro atoms. The van der Waals surface area contributed by atoms with Crippen molar-refractivity contribution in [1.29, 1.82) is 5.26 Å². The van der Waals surface area contributed by atoms with E-state index in [1.165, 1.54) is 44.9 Å². The van der Waals surface area contributed by atoms with Crippen LogP contribution >= 0.6 is 0 Å². The topological polar surface area (TPSA) is 27.0 Å². The first-order chi connectivity index (χ1) is 8.22. The lowest BCUT2D eigenvalue weighted by Crippen LogP contribution is -2.32. The fourth-order valence-corrected chi connectivity index (χ4v) is 2.09. The quantitative estimate of drug-likeness (QED) is 0.500. The van der Waals surface area contributed by atoms with Gasteiger partial charge in [0.1, 0.15) is 0 Å². The average molecular weight is 238 g/mol. The van der Waals surface area contributed by atoms with Crippen molar-refractivity contribution in [2.24, 2.45) is 0 Å². The minimum absolute atomic E-state index is 0.573. The molecule has 0 aliphatic rings. The molecular weight excluding hydrogens is 208 g/mol. The number of hydrogen-bond donors (Lipinski definition) is 0. The van der Waals surface area contributed by atoms with E-state index in [0.717, 1.165) is 13.1 Å². The summed E-state index contributed by atoms with van der Waals surface area (Å²) in [6, 6.07) is 2.81. The Morgan fingerprint density at radius 3 is 2.06 bits per heavy atom. The van der Waals surface area contributed by atoms with Crippen LogP contribution in [0.2, 0.25) is 0 Å². The van der Waals surface area contributed by atoms with E-state index in [1.54, 1.807) is 0 Å². The van der Waals surface area contributed by atoms with Crippen molar-refractivity contribution in [1.82, 2.24) is 4.90 Å². The molecule has 0 fully saturated rings. The summed E-state index contributed by atoms with van der Waals surface area (Å²) in [5, 5.41) is 8.61. The second kappa shape index (κ2) is 11.9. The molecule has 2 heteroatoms. The van der Waals surface area contributed by atoms with Crippen LogP contribution in [0.3, 0.4) is 0 Å². The van der Waals surface area contributed by atoms with Crippen molar-refractivity contribution in [3.8, 4) is 6.07 Å². The molecule has 0 rings (SSSR count). The van der Waals surface area contributed by atoms with E-state index in [-0.39, 0.29) is 0 Å². The highest BCUT2D eigenvalue weighted by atomic mass is 15.1. The zero-order valence-electron chi connectivity index (χ0n) is 12.0. The molecule has 0 heterocycles. The molecule has 0 unspecified atom stereocenters. The Morgan fingerprint density at radius 2 is 1.53 bits per heavy atom. The first kappa shape index (κ1) is 16.4. The monoisotopic (exact) mass is 238 g/mol. The fraction of sp³-hybridized carbons (Fsp3) is 0.933. The molecule has 0 radical (unpaired) electrons. The van der Waals surface area contributed by atoms with Gasteiger partial charge in [-0.3, -0.25) is 4.90 Å². The van der Waals surface area contributed by atoms with Gasteiger partial charge in [-0.15, -0.1) is 0 Å². The number of nitrogens with zero attached hydrogens (tertiary/aromatic N) is 2. The van der Waals surface area contributed by atoms with Crippen LogP contribution in [0.15, 0.2) is 0 Å². The number of rotatable bonds is 11. The van der Waals surface area contributed by atoms with E-state index >= 15 is 0 Å². The lowest BCUT2D eigenvalue weighted by Gasteiger charge is -2.25. The molecule has 0 bridgehead atoms. The van der Waals surface area contributed by atoms with Gasteiger partial charge in [-0.2, -0.15) is 5.26 Å². The number of unbranched alkanes of at least 4 members (excludes halogenated alkanes) is 6. The van der Waals surface area contributed by atoms with Crippen LogP contribution in [-0.4, -0.2) is 24.0 Å². The summed E-state index contributed by atoms with van der Waals surface area (Å²) in [7, 11) is 0. The van der Waals surface area contributed by atoms with Gasteiger partial charge >= 0.3 is 0 Å². The molecule has 0 aromatic heterocycles. The Balaban J connectivity index is 3.45. The van der Waals surface area contributed by atoms with Crippen molar-refractivity contribution in [3.63, 3.8) is 0 Å². The van der Waals surface area contributed by atoms with E-state index in [9.17, 15) is 0 Å². The molecule has 100 valence electrons. The Labute approximate surface area is 108 Å². The Hall–Kier alpha value is -0.550. The minimum Gasteiger partial charge on any atom is -0.300 e. The standard InChI is InChI=1S/C15H30N2/c1-4-5-6-7-8-9-10-13-17(15(2)3)14-11-12-16/h15H,4-11,13-14H2,1-3H3. The van der Waals surface area contributed by atoms with Crippen molar-refractivity contribution in [3.05, 3.63) is 0 Å². The molecule has 0 saturated carbocycles. The summed E-state index contributed by atoms with van der Waals surface area (Å²) in [6.45, 7) is 8.80. The van der Waals surface area contributed by atoms with Crippen molar-refractivity contribution in [2.45, 2.75) is 78.2 Å². The number of hydrogen-bond acceptors (Lipinski definition) is 2. The fourth-order valence-electron chi connectivity index (χ4n) is 2.09. The molecule has 17 heavy (non-hydrogen) atoms. The van der Waals surface area contributed by atoms with Crippen LogP contribution in [-0.2, 0) is 0 Å². The Kier molecular flexibility index (Phi) is 11.5. The third-order valence-electron chi connectivity index (χ3n) is 3.29. The van der Waals surface area contributed by atoms with Gasteiger partial charge in [0.25, 0.3) is 0 Å². The highest BCUT2D eigenvalue weighted by Gasteiger charge is 2.07. The summed E-state index contributed by atoms with van der Waals surface area (Å²) in [5.74, 6) is 0. The third-order valence-corrected chi connectivity index (χ3v) is 3.29. The normalized spacial score (nSPS) is 11.1. The van der Waals surface area contributed by atoms with Gasteiger partial charge in [-0.25, -0.2) is 0 Å². The first-order valence-electron chi connectivity index (χ1n) is 7.33. The third kappa shape index (κ3) is 10.3. The SMILES string of the molecule is CCCCCCCCCN(CCC#N)C(C)C. The highest BCUT2D eigenvalue weighted by Crippen LogP contribution is 2.09. The molecule has 0 aromatic carbocycles. The zero-order valence-corrected chi connectivity index (χ0v) is 12.0. The minimum atomic E-state index is 0.573. The van der Waals surface area contributed by atoms with Crippen LogP contribution < -0.4 is 0 Å². The summed E-state index contributed by atoms with van der Waals surface area (Å²) >= 11 is 0. The maximum absolute atomic E-state index is 8.61. The zero-order chi connectivity index (χ0) is 12.9. The predicted octanol–water partition coefficient (Wildman–Crippen LogP) is 4.36. The van der Waals surface area contributed by atoms with Gasteiger partial charge in [-0.05, 0) is 26.8 Å². The Morgan fingerprint density at radius 1 is 0.941 bits per heavy atom. The van der Waals surface area contributed by atoms with Crippen molar-refractivity contribution in [2.75, 3.05) is 13.1 Å². The molecule has 0 amide bonds. The van der Waals surface area contributed by atoms with Crippen LogP contribution in [0, 0.1) is 11.3 Å². The second-order valence-electron chi connectivity index (χ2n) is 5.16. The maximum Gasteiger partial charge on any atom is 0.0635 e. The van der Waals surface area contributed by atoms with Gasteiger partial charge in [0, 0.05) is 19.0 Å². The van der Waals surface area contributed by atoms with E-state index in [4.69, 9.17) is 5.26 Å². The highest BCUT2D eigenvalue weighted by molar-refractivity contribution is 4.73. The van der Waals surface area contributed by atoms with Gasteiger partial charge in [0.05, 0.1) is 6.07 Å². The predicted molar refractivity (Wildman–Crippen MR) is 74.9 cm³/mol. The molecule has 0 N–H and O–H groups in total. The van der Waals surface area contributed by atoms with Gasteiger partial charge in [-0.1, -0.05) is 45.4 Å². The van der Waals surface area contributed by atoms with E-state index in [1.807, 2.05) is 0 Å². The Bertz CT molecular complexity index is 194. The summed E-state index contributed by atoms with van der Waals surface area (Å²) < 4.78 is 0. The van der Waals surface area contributed by atoms with E-state index in [0.29, 0.717) is 12.5 Å². The van der Waals surface area contributed by atoms with E-state index < -0.39 is 0 Å². The molecule has 2 nitrogen and oxygen atoms in total.